The van der Waals surface area contributed by atoms with E-state index < -0.39 is 6.10 Å². The van der Waals surface area contributed by atoms with Crippen molar-refractivity contribution in [1.29, 1.82) is 0 Å². The van der Waals surface area contributed by atoms with Crippen molar-refractivity contribution in [2.45, 2.75) is 39.7 Å². The number of carbonyl (C=O) groups excluding carboxylic acids is 1. The van der Waals surface area contributed by atoms with Gasteiger partial charge in [0.1, 0.15) is 5.75 Å². The van der Waals surface area contributed by atoms with E-state index in [-0.39, 0.29) is 5.91 Å². The van der Waals surface area contributed by atoms with Crippen LogP contribution in [0, 0.1) is 0 Å². The molecule has 122 valence electrons. The summed E-state index contributed by atoms with van der Waals surface area (Å²) >= 11 is 0. The number of amides is 1. The summed E-state index contributed by atoms with van der Waals surface area (Å²) in [6, 6.07) is 13.2. The first-order chi connectivity index (χ1) is 11.0. The summed E-state index contributed by atoms with van der Waals surface area (Å²) in [7, 11) is 0. The van der Waals surface area contributed by atoms with Crippen molar-refractivity contribution in [1.82, 2.24) is 0 Å². The number of hydrogen-bond acceptors (Lipinski definition) is 3. The monoisotopic (exact) mass is 312 g/mol. The van der Waals surface area contributed by atoms with Crippen LogP contribution in [0.5, 0.6) is 5.75 Å². The molecule has 2 aromatic carbocycles. The second kappa shape index (κ2) is 7.68. The zero-order chi connectivity index (χ0) is 16.8. The standard InChI is InChI=1S/C19H24N2O2/c1-4-14-8-6-9-15(5-2)18(14)21-19(22)13(3)23-17-11-7-10-16(20)12-17/h6-13H,4-5,20H2,1-3H3,(H,21,22). The van der Waals surface area contributed by atoms with Crippen molar-refractivity contribution in [2.75, 3.05) is 11.1 Å². The fourth-order valence-corrected chi connectivity index (χ4v) is 2.47. The van der Waals surface area contributed by atoms with Crippen LogP contribution in [0.3, 0.4) is 0 Å². The van der Waals surface area contributed by atoms with Gasteiger partial charge in [-0.3, -0.25) is 4.79 Å². The zero-order valence-electron chi connectivity index (χ0n) is 13.9. The molecule has 0 bridgehead atoms. The van der Waals surface area contributed by atoms with Crippen LogP contribution >= 0.6 is 0 Å². The van der Waals surface area contributed by atoms with Crippen molar-refractivity contribution in [3.63, 3.8) is 0 Å². The van der Waals surface area contributed by atoms with Crippen molar-refractivity contribution in [3.05, 3.63) is 53.6 Å². The molecule has 0 aromatic heterocycles. The Morgan fingerprint density at radius 2 is 1.74 bits per heavy atom. The maximum Gasteiger partial charge on any atom is 0.265 e. The largest absolute Gasteiger partial charge is 0.481 e. The predicted molar refractivity (Wildman–Crippen MR) is 94.8 cm³/mol. The molecule has 1 amide bonds. The van der Waals surface area contributed by atoms with E-state index in [1.54, 1.807) is 31.2 Å². The summed E-state index contributed by atoms with van der Waals surface area (Å²) in [5.41, 5.74) is 9.51. The molecule has 0 aliphatic rings. The van der Waals surface area contributed by atoms with E-state index in [9.17, 15) is 4.79 Å². The average Bonchev–Trinajstić information content (AvgIpc) is 2.54. The number of nitrogens with two attached hydrogens (primary N) is 1. The number of carbonyl (C=O) groups is 1. The lowest BCUT2D eigenvalue weighted by molar-refractivity contribution is -0.122. The van der Waals surface area contributed by atoms with Gasteiger partial charge in [0.2, 0.25) is 0 Å². The Kier molecular flexibility index (Phi) is 5.63. The van der Waals surface area contributed by atoms with E-state index in [0.717, 1.165) is 29.7 Å². The second-order valence-electron chi connectivity index (χ2n) is 5.48. The predicted octanol–water partition coefficient (Wildman–Crippen LogP) is 3.80. The summed E-state index contributed by atoms with van der Waals surface area (Å²) in [6.07, 6.45) is 1.13. The van der Waals surface area contributed by atoms with Crippen LogP contribution < -0.4 is 15.8 Å². The highest BCUT2D eigenvalue weighted by atomic mass is 16.5. The van der Waals surface area contributed by atoms with Gasteiger partial charge in [-0.15, -0.1) is 0 Å². The molecule has 0 spiro atoms. The molecular formula is C19H24N2O2. The van der Waals surface area contributed by atoms with E-state index in [4.69, 9.17) is 10.5 Å². The Balaban J connectivity index is 2.12. The van der Waals surface area contributed by atoms with Gasteiger partial charge in [0.25, 0.3) is 5.91 Å². The number of rotatable bonds is 6. The minimum Gasteiger partial charge on any atom is -0.481 e. The highest BCUT2D eigenvalue weighted by Gasteiger charge is 2.17. The van der Waals surface area contributed by atoms with Crippen LogP contribution in [0.25, 0.3) is 0 Å². The number of hydrogen-bond donors (Lipinski definition) is 2. The molecule has 0 saturated carbocycles. The number of para-hydroxylation sites is 1. The smallest absolute Gasteiger partial charge is 0.265 e. The fraction of sp³-hybridized carbons (Fsp3) is 0.316. The summed E-state index contributed by atoms with van der Waals surface area (Å²) in [4.78, 5) is 12.5. The lowest BCUT2D eigenvalue weighted by Crippen LogP contribution is -2.31. The van der Waals surface area contributed by atoms with Crippen LogP contribution in [0.4, 0.5) is 11.4 Å². The minimum absolute atomic E-state index is 0.164. The van der Waals surface area contributed by atoms with Crippen LogP contribution in [0.15, 0.2) is 42.5 Å². The number of benzene rings is 2. The van der Waals surface area contributed by atoms with E-state index in [1.807, 2.05) is 18.2 Å². The fourth-order valence-electron chi connectivity index (χ4n) is 2.47. The Hall–Kier alpha value is -2.49. The molecule has 0 aliphatic carbocycles. The topological polar surface area (TPSA) is 64.3 Å². The average molecular weight is 312 g/mol. The van der Waals surface area contributed by atoms with E-state index in [1.165, 1.54) is 0 Å². The summed E-state index contributed by atoms with van der Waals surface area (Å²) in [5.74, 6) is 0.426. The molecular weight excluding hydrogens is 288 g/mol. The molecule has 0 heterocycles. The van der Waals surface area contributed by atoms with Crippen LogP contribution in [-0.2, 0) is 17.6 Å². The zero-order valence-corrected chi connectivity index (χ0v) is 13.9. The van der Waals surface area contributed by atoms with E-state index in [0.29, 0.717) is 11.4 Å². The van der Waals surface area contributed by atoms with Crippen molar-refractivity contribution >= 4 is 17.3 Å². The van der Waals surface area contributed by atoms with E-state index in [2.05, 4.69) is 19.2 Å². The molecule has 0 saturated heterocycles. The van der Waals surface area contributed by atoms with Crippen molar-refractivity contribution < 1.29 is 9.53 Å². The van der Waals surface area contributed by atoms with Gasteiger partial charge in [-0.2, -0.15) is 0 Å². The third-order valence-electron chi connectivity index (χ3n) is 3.79. The van der Waals surface area contributed by atoms with E-state index >= 15 is 0 Å². The molecule has 0 aliphatic heterocycles. The van der Waals surface area contributed by atoms with Gasteiger partial charge < -0.3 is 15.8 Å². The normalized spacial score (nSPS) is 11.8. The van der Waals surface area contributed by atoms with Crippen LogP contribution in [-0.4, -0.2) is 12.0 Å². The Morgan fingerprint density at radius 3 is 2.30 bits per heavy atom. The SMILES string of the molecule is CCc1cccc(CC)c1NC(=O)C(C)Oc1cccc(N)c1. The first kappa shape index (κ1) is 16.9. The molecule has 0 fully saturated rings. The van der Waals surface area contributed by atoms with Gasteiger partial charge in [-0.1, -0.05) is 38.1 Å². The molecule has 23 heavy (non-hydrogen) atoms. The Bertz CT molecular complexity index is 661. The highest BCUT2D eigenvalue weighted by molar-refractivity contribution is 5.95. The number of ether oxygens (including phenoxy) is 1. The first-order valence-corrected chi connectivity index (χ1v) is 7.99. The molecule has 1 atom stereocenters. The first-order valence-electron chi connectivity index (χ1n) is 7.99. The van der Waals surface area contributed by atoms with Crippen LogP contribution in [0.1, 0.15) is 31.9 Å². The number of anilines is 2. The summed E-state index contributed by atoms with van der Waals surface area (Å²) < 4.78 is 5.68. The number of nitrogens with one attached hydrogen (secondary N) is 1. The highest BCUT2D eigenvalue weighted by Crippen LogP contribution is 2.23. The molecule has 4 heteroatoms. The molecule has 2 rings (SSSR count). The second-order valence-corrected chi connectivity index (χ2v) is 5.48. The van der Waals surface area contributed by atoms with Crippen molar-refractivity contribution in [3.8, 4) is 5.75 Å². The van der Waals surface area contributed by atoms with Gasteiger partial charge in [0.05, 0.1) is 0 Å². The summed E-state index contributed by atoms with van der Waals surface area (Å²) in [5, 5.41) is 3.02. The summed E-state index contributed by atoms with van der Waals surface area (Å²) in [6.45, 7) is 5.90. The Labute approximate surface area is 137 Å². The maximum absolute atomic E-state index is 12.5. The van der Waals surface area contributed by atoms with Crippen LogP contribution in [0.2, 0.25) is 0 Å². The third kappa shape index (κ3) is 4.25. The molecule has 1 unspecified atom stereocenters. The van der Waals surface area contributed by atoms with Gasteiger partial charge in [0.15, 0.2) is 6.10 Å². The Morgan fingerprint density at radius 1 is 1.13 bits per heavy atom. The lowest BCUT2D eigenvalue weighted by Gasteiger charge is -2.18. The molecule has 3 N–H and O–H groups in total. The molecule has 2 aromatic rings. The van der Waals surface area contributed by atoms with Crippen molar-refractivity contribution in [2.24, 2.45) is 0 Å². The van der Waals surface area contributed by atoms with Gasteiger partial charge >= 0.3 is 0 Å². The van der Waals surface area contributed by atoms with Gasteiger partial charge in [0, 0.05) is 17.4 Å². The lowest BCUT2D eigenvalue weighted by atomic mass is 10.0. The number of aryl methyl sites for hydroxylation is 2. The number of nitrogen functional groups attached to an aromatic ring is 1. The minimum atomic E-state index is -0.605. The maximum atomic E-state index is 12.5. The van der Waals surface area contributed by atoms with Gasteiger partial charge in [-0.25, -0.2) is 0 Å². The third-order valence-corrected chi connectivity index (χ3v) is 3.79. The quantitative estimate of drug-likeness (QED) is 0.797. The molecule has 4 nitrogen and oxygen atoms in total. The van der Waals surface area contributed by atoms with Gasteiger partial charge in [-0.05, 0) is 43.0 Å². The molecule has 0 radical (unpaired) electrons.